The number of nitrogens with zero attached hydrogens (tertiary/aromatic N) is 1. The summed E-state index contributed by atoms with van der Waals surface area (Å²) in [6.07, 6.45) is 3.28. The van der Waals surface area contributed by atoms with Crippen LogP contribution in [0.3, 0.4) is 0 Å². The van der Waals surface area contributed by atoms with Gasteiger partial charge in [-0.25, -0.2) is 0 Å². The molecule has 0 radical (unpaired) electrons. The Morgan fingerprint density at radius 1 is 1.41 bits per heavy atom. The molecule has 1 aromatic heterocycles. The number of nitrogens with one attached hydrogen (secondary N) is 1. The molecule has 1 unspecified atom stereocenters. The van der Waals surface area contributed by atoms with Crippen LogP contribution in [0.15, 0.2) is 16.7 Å². The minimum absolute atomic E-state index is 0.0148. The van der Waals surface area contributed by atoms with Crippen LogP contribution in [0.1, 0.15) is 29.0 Å². The van der Waals surface area contributed by atoms with Gasteiger partial charge in [0.25, 0.3) is 0 Å². The molecule has 0 amide bonds. The maximum absolute atomic E-state index is 12.3. The van der Waals surface area contributed by atoms with Gasteiger partial charge in [-0.1, -0.05) is 0 Å². The number of rotatable bonds is 2. The van der Waals surface area contributed by atoms with Crippen LogP contribution in [0.5, 0.6) is 0 Å². The highest BCUT2D eigenvalue weighted by atomic mass is 16.3. The van der Waals surface area contributed by atoms with Gasteiger partial charge in [0, 0.05) is 5.92 Å². The van der Waals surface area contributed by atoms with Crippen molar-refractivity contribution in [3.05, 3.63) is 23.7 Å². The molecule has 1 aromatic rings. The summed E-state index contributed by atoms with van der Waals surface area (Å²) in [4.78, 5) is 12.3. The maximum atomic E-state index is 12.3. The molecule has 2 heterocycles. The molecular weight excluding hydrogens is 216 g/mol. The van der Waals surface area contributed by atoms with Gasteiger partial charge in [0.1, 0.15) is 11.6 Å². The van der Waals surface area contributed by atoms with Crippen molar-refractivity contribution in [3.63, 3.8) is 0 Å². The third-order valence-corrected chi connectivity index (χ3v) is 4.03. The molecule has 1 N–H and O–H groups in total. The topological polar surface area (TPSA) is 66.0 Å². The zero-order valence-corrected chi connectivity index (χ0v) is 9.48. The van der Waals surface area contributed by atoms with Crippen LogP contribution in [-0.4, -0.2) is 18.9 Å². The van der Waals surface area contributed by atoms with E-state index in [2.05, 4.69) is 5.32 Å². The van der Waals surface area contributed by atoms with Gasteiger partial charge >= 0.3 is 0 Å². The number of nitriles is 1. The van der Waals surface area contributed by atoms with E-state index in [-0.39, 0.29) is 17.5 Å². The Labute approximate surface area is 99.6 Å². The van der Waals surface area contributed by atoms with Gasteiger partial charge in [0.05, 0.1) is 6.26 Å². The first-order chi connectivity index (χ1) is 8.29. The number of Topliss-reactive ketones (excluding diaryl/α,β-unsaturated/α-hetero) is 1. The lowest BCUT2D eigenvalue weighted by molar-refractivity contribution is 0.0888. The number of fused-ring (bicyclic) bond motifs is 1. The zero-order chi connectivity index (χ0) is 11.8. The first kappa shape index (κ1) is 10.5. The highest BCUT2D eigenvalue weighted by Gasteiger charge is 2.41. The Kier molecular flexibility index (Phi) is 2.49. The van der Waals surface area contributed by atoms with Gasteiger partial charge in [-0.05, 0) is 43.8 Å². The first-order valence-corrected chi connectivity index (χ1v) is 6.02. The van der Waals surface area contributed by atoms with Gasteiger partial charge in [0.2, 0.25) is 5.78 Å². The number of ketones is 1. The van der Waals surface area contributed by atoms with Crippen molar-refractivity contribution >= 4 is 5.78 Å². The first-order valence-electron chi connectivity index (χ1n) is 6.02. The molecule has 1 saturated carbocycles. The molecular formula is C13H14N2O2. The summed E-state index contributed by atoms with van der Waals surface area (Å²) in [5.41, 5.74) is 0.366. The summed E-state index contributed by atoms with van der Waals surface area (Å²) in [6, 6.07) is 3.56. The molecule has 3 atom stereocenters. The maximum Gasteiger partial charge on any atom is 0.202 e. The second-order valence-electron chi connectivity index (χ2n) is 4.99. The molecule has 4 heteroatoms. The SMILES string of the molecule is N#Cc1ccoc1C(=O)C1C[C@H]2CNC[C@H]2C1. The van der Waals surface area contributed by atoms with E-state index < -0.39 is 0 Å². The Morgan fingerprint density at radius 2 is 2.12 bits per heavy atom. The average Bonchev–Trinajstić information content (AvgIpc) is 3.02. The largest absolute Gasteiger partial charge is 0.460 e. The molecule has 0 spiro atoms. The third kappa shape index (κ3) is 1.67. The highest BCUT2D eigenvalue weighted by molar-refractivity contribution is 5.97. The van der Waals surface area contributed by atoms with E-state index >= 15 is 0 Å². The third-order valence-electron chi connectivity index (χ3n) is 4.03. The monoisotopic (exact) mass is 230 g/mol. The molecule has 1 saturated heterocycles. The van der Waals surface area contributed by atoms with E-state index in [9.17, 15) is 4.79 Å². The summed E-state index contributed by atoms with van der Waals surface area (Å²) in [5, 5.41) is 12.2. The van der Waals surface area contributed by atoms with Gasteiger partial charge in [-0.2, -0.15) is 5.26 Å². The fourth-order valence-corrected chi connectivity index (χ4v) is 3.15. The molecule has 0 bridgehead atoms. The predicted molar refractivity (Wildman–Crippen MR) is 60.3 cm³/mol. The van der Waals surface area contributed by atoms with E-state index in [1.54, 1.807) is 6.07 Å². The lowest BCUT2D eigenvalue weighted by atomic mass is 9.97. The quantitative estimate of drug-likeness (QED) is 0.783. The molecule has 4 nitrogen and oxygen atoms in total. The number of hydrogen-bond acceptors (Lipinski definition) is 4. The van der Waals surface area contributed by atoms with E-state index in [0.29, 0.717) is 17.4 Å². The lowest BCUT2D eigenvalue weighted by Crippen LogP contribution is -2.17. The number of hydrogen-bond donors (Lipinski definition) is 1. The number of carbonyl (C=O) groups excluding carboxylic acids is 1. The summed E-state index contributed by atoms with van der Waals surface area (Å²) in [6.45, 7) is 2.05. The van der Waals surface area contributed by atoms with Crippen LogP contribution in [-0.2, 0) is 0 Å². The van der Waals surface area contributed by atoms with Gasteiger partial charge in [0.15, 0.2) is 5.76 Å². The summed E-state index contributed by atoms with van der Waals surface area (Å²) < 4.78 is 5.16. The van der Waals surface area contributed by atoms with Crippen LogP contribution in [0.4, 0.5) is 0 Å². The van der Waals surface area contributed by atoms with Crippen molar-refractivity contribution in [1.82, 2.24) is 5.32 Å². The molecule has 88 valence electrons. The van der Waals surface area contributed by atoms with Crippen LogP contribution in [0.2, 0.25) is 0 Å². The van der Waals surface area contributed by atoms with Gasteiger partial charge in [-0.15, -0.1) is 0 Å². The van der Waals surface area contributed by atoms with Crippen LogP contribution < -0.4 is 5.32 Å². The minimum atomic E-state index is 0.0148. The molecule has 2 fully saturated rings. The van der Waals surface area contributed by atoms with Crippen LogP contribution in [0, 0.1) is 29.1 Å². The Hall–Kier alpha value is -1.60. The van der Waals surface area contributed by atoms with E-state index in [1.807, 2.05) is 6.07 Å². The molecule has 1 aliphatic carbocycles. The van der Waals surface area contributed by atoms with Crippen molar-refractivity contribution in [2.45, 2.75) is 12.8 Å². The summed E-state index contributed by atoms with van der Waals surface area (Å²) in [7, 11) is 0. The second kappa shape index (κ2) is 4.01. The van der Waals surface area contributed by atoms with E-state index in [0.717, 1.165) is 25.9 Å². The summed E-state index contributed by atoms with van der Waals surface area (Å²) in [5.74, 6) is 1.57. The number of furan rings is 1. The molecule has 3 rings (SSSR count). The molecule has 17 heavy (non-hydrogen) atoms. The predicted octanol–water partition coefficient (Wildman–Crippen LogP) is 1.58. The van der Waals surface area contributed by atoms with Gasteiger partial charge < -0.3 is 9.73 Å². The zero-order valence-electron chi connectivity index (χ0n) is 9.48. The summed E-state index contributed by atoms with van der Waals surface area (Å²) >= 11 is 0. The second-order valence-corrected chi connectivity index (χ2v) is 4.99. The smallest absolute Gasteiger partial charge is 0.202 e. The fourth-order valence-electron chi connectivity index (χ4n) is 3.15. The average molecular weight is 230 g/mol. The Balaban J connectivity index is 1.78. The highest BCUT2D eigenvalue weighted by Crippen LogP contribution is 2.40. The van der Waals surface area contributed by atoms with Crippen molar-refractivity contribution < 1.29 is 9.21 Å². The van der Waals surface area contributed by atoms with E-state index in [4.69, 9.17) is 9.68 Å². The Morgan fingerprint density at radius 3 is 2.76 bits per heavy atom. The molecule has 0 aromatic carbocycles. The van der Waals surface area contributed by atoms with Crippen molar-refractivity contribution in [2.75, 3.05) is 13.1 Å². The van der Waals surface area contributed by atoms with Crippen molar-refractivity contribution in [3.8, 4) is 6.07 Å². The van der Waals surface area contributed by atoms with Crippen molar-refractivity contribution in [2.24, 2.45) is 17.8 Å². The molecule has 1 aliphatic heterocycles. The molecule has 2 aliphatic rings. The Bertz CT molecular complexity index is 474. The van der Waals surface area contributed by atoms with Crippen LogP contribution in [0.25, 0.3) is 0 Å². The minimum Gasteiger partial charge on any atom is -0.460 e. The van der Waals surface area contributed by atoms with Crippen LogP contribution >= 0.6 is 0 Å². The normalized spacial score (nSPS) is 31.1. The van der Waals surface area contributed by atoms with E-state index in [1.165, 1.54) is 6.26 Å². The van der Waals surface area contributed by atoms with Crippen molar-refractivity contribution in [1.29, 1.82) is 5.26 Å². The number of carbonyl (C=O) groups is 1. The fraction of sp³-hybridized carbons (Fsp3) is 0.538. The standard InChI is InChI=1S/C13H14N2O2/c14-5-8-1-2-17-13(8)12(16)9-3-10-6-15-7-11(10)4-9/h1-2,9-11,15H,3-4,6-7H2/t9?,10-,11+. The van der Waals surface area contributed by atoms with Gasteiger partial charge in [-0.3, -0.25) is 4.79 Å². The lowest BCUT2D eigenvalue weighted by Gasteiger charge is -2.08.